The summed E-state index contributed by atoms with van der Waals surface area (Å²) in [4.78, 5) is 16.9. The molecule has 0 spiro atoms. The molecule has 2 N–H and O–H groups in total. The Labute approximate surface area is 192 Å². The second kappa shape index (κ2) is 8.46. The van der Waals surface area contributed by atoms with Gasteiger partial charge in [-0.2, -0.15) is 0 Å². The molecule has 12 heteroatoms. The fraction of sp³-hybridized carbons (Fsp3) is 0.182. The van der Waals surface area contributed by atoms with E-state index in [4.69, 9.17) is 10.5 Å². The molecule has 0 radical (unpaired) electrons. The highest BCUT2D eigenvalue weighted by Crippen LogP contribution is 2.38. The number of nitrogens with zero attached hydrogens (tertiary/aromatic N) is 8. The van der Waals surface area contributed by atoms with E-state index in [1.54, 1.807) is 12.4 Å². The van der Waals surface area contributed by atoms with E-state index >= 15 is 0 Å². The second-order valence-electron chi connectivity index (χ2n) is 7.46. The van der Waals surface area contributed by atoms with E-state index in [-0.39, 0.29) is 6.04 Å². The third kappa shape index (κ3) is 3.49. The number of hydrogen-bond donors (Lipinski definition) is 1. The molecule has 4 aromatic heterocycles. The smallest absolute Gasteiger partial charge is 0.224 e. The van der Waals surface area contributed by atoms with E-state index in [0.717, 1.165) is 12.1 Å². The number of ether oxygens (including phenoxy) is 1. The molecular formula is C22H19F2N9O. The molecule has 0 aliphatic rings. The van der Waals surface area contributed by atoms with E-state index in [1.165, 1.54) is 30.5 Å². The molecule has 0 fully saturated rings. The summed E-state index contributed by atoms with van der Waals surface area (Å²) in [7, 11) is 1.52. The molecule has 5 rings (SSSR count). The number of nitrogen functional groups attached to an aromatic ring is 1. The highest BCUT2D eigenvalue weighted by molar-refractivity contribution is 6.01. The normalized spacial score (nSPS) is 12.2. The Hall–Kier alpha value is -4.48. The summed E-state index contributed by atoms with van der Waals surface area (Å²) in [6, 6.07) is 3.24. The minimum atomic E-state index is -0.964. The molecule has 0 saturated heterocycles. The van der Waals surface area contributed by atoms with Gasteiger partial charge in [-0.05, 0) is 18.6 Å². The third-order valence-corrected chi connectivity index (χ3v) is 5.54. The van der Waals surface area contributed by atoms with Crippen LogP contribution in [0.4, 0.5) is 14.6 Å². The molecule has 4 heterocycles. The zero-order valence-corrected chi connectivity index (χ0v) is 18.2. The van der Waals surface area contributed by atoms with E-state index in [2.05, 4.69) is 30.2 Å². The number of nitrogens with two attached hydrogens (primary N) is 1. The van der Waals surface area contributed by atoms with Crippen molar-refractivity contribution in [2.24, 2.45) is 0 Å². The number of halogens is 2. The van der Waals surface area contributed by atoms with Gasteiger partial charge < -0.3 is 15.0 Å². The van der Waals surface area contributed by atoms with Gasteiger partial charge in [0, 0.05) is 24.0 Å². The van der Waals surface area contributed by atoms with Crippen molar-refractivity contribution in [3.63, 3.8) is 0 Å². The number of methoxy groups -OCH3 is 1. The van der Waals surface area contributed by atoms with Crippen molar-refractivity contribution < 1.29 is 13.5 Å². The number of benzene rings is 1. The maximum atomic E-state index is 13.7. The van der Waals surface area contributed by atoms with Crippen LogP contribution >= 0.6 is 0 Å². The van der Waals surface area contributed by atoms with Crippen LogP contribution in [0.15, 0.2) is 49.4 Å². The number of hydrogen-bond acceptors (Lipinski definition) is 8. The predicted molar refractivity (Wildman–Crippen MR) is 119 cm³/mol. The van der Waals surface area contributed by atoms with Gasteiger partial charge in [-0.25, -0.2) is 33.4 Å². The zero-order valence-electron chi connectivity index (χ0n) is 18.2. The predicted octanol–water partition coefficient (Wildman–Crippen LogP) is 3.34. The Morgan fingerprint density at radius 3 is 2.68 bits per heavy atom. The quantitative estimate of drug-likeness (QED) is 0.407. The highest BCUT2D eigenvalue weighted by atomic mass is 19.2. The van der Waals surface area contributed by atoms with Crippen molar-refractivity contribution in [3.05, 3.63) is 66.8 Å². The first-order valence-corrected chi connectivity index (χ1v) is 10.3. The van der Waals surface area contributed by atoms with E-state index in [1.807, 2.05) is 17.7 Å². The molecule has 0 amide bonds. The van der Waals surface area contributed by atoms with Crippen molar-refractivity contribution in [3.8, 4) is 22.7 Å². The van der Waals surface area contributed by atoms with Crippen LogP contribution < -0.4 is 10.5 Å². The van der Waals surface area contributed by atoms with Crippen LogP contribution in [0, 0.1) is 11.6 Å². The standard InChI is InChI=1S/C22H19F2N9O/c1-3-18(17-9-33(31-30-17)12-4-5-15(23)16(24)6-12)32-8-14(13-7-26-10-29-22(13)34-2)19-20(25)27-11-28-21(19)32/h4-11,18H,3H2,1-2H3,(H2,25,27,28). The molecule has 0 aliphatic carbocycles. The SMILES string of the molecule is CCC(c1cn(-c2ccc(F)c(F)c2)nn1)n1cc(-c2cncnc2OC)c2c(N)ncnc21. The minimum absolute atomic E-state index is 0.291. The topological polar surface area (TPSA) is 122 Å². The average Bonchev–Trinajstić information content (AvgIpc) is 3.48. The maximum Gasteiger partial charge on any atom is 0.224 e. The van der Waals surface area contributed by atoms with Gasteiger partial charge >= 0.3 is 0 Å². The first-order chi connectivity index (χ1) is 16.5. The first-order valence-electron chi connectivity index (χ1n) is 10.3. The molecule has 172 valence electrons. The van der Waals surface area contributed by atoms with Crippen LogP contribution in [-0.2, 0) is 0 Å². The molecule has 1 aromatic carbocycles. The van der Waals surface area contributed by atoms with Gasteiger partial charge in [0.2, 0.25) is 5.88 Å². The van der Waals surface area contributed by atoms with Crippen molar-refractivity contribution in [1.82, 2.24) is 39.5 Å². The Kier molecular flexibility index (Phi) is 5.32. The number of anilines is 1. The summed E-state index contributed by atoms with van der Waals surface area (Å²) in [6.45, 7) is 1.99. The number of rotatable bonds is 6. The monoisotopic (exact) mass is 463 g/mol. The van der Waals surface area contributed by atoms with Crippen molar-refractivity contribution in [2.45, 2.75) is 19.4 Å². The lowest BCUT2D eigenvalue weighted by atomic mass is 10.1. The average molecular weight is 463 g/mol. The molecule has 5 aromatic rings. The third-order valence-electron chi connectivity index (χ3n) is 5.54. The second-order valence-corrected chi connectivity index (χ2v) is 7.46. The van der Waals surface area contributed by atoms with Crippen molar-refractivity contribution >= 4 is 16.9 Å². The van der Waals surface area contributed by atoms with Gasteiger partial charge in [-0.1, -0.05) is 12.1 Å². The molecule has 10 nitrogen and oxygen atoms in total. The highest BCUT2D eigenvalue weighted by Gasteiger charge is 2.24. The van der Waals surface area contributed by atoms with Gasteiger partial charge in [-0.3, -0.25) is 0 Å². The number of fused-ring (bicyclic) bond motifs is 1. The molecule has 0 aliphatic heterocycles. The molecule has 0 bridgehead atoms. The van der Waals surface area contributed by atoms with Gasteiger partial charge in [0.1, 0.15) is 29.8 Å². The lowest BCUT2D eigenvalue weighted by Gasteiger charge is -2.15. The Balaban J connectivity index is 1.65. The Morgan fingerprint density at radius 1 is 1.06 bits per heavy atom. The van der Waals surface area contributed by atoms with E-state index < -0.39 is 11.6 Å². The molecule has 1 atom stereocenters. The lowest BCUT2D eigenvalue weighted by molar-refractivity contribution is 0.398. The van der Waals surface area contributed by atoms with Crippen molar-refractivity contribution in [1.29, 1.82) is 0 Å². The molecule has 34 heavy (non-hydrogen) atoms. The van der Waals surface area contributed by atoms with Crippen LogP contribution in [-0.4, -0.2) is 46.6 Å². The van der Waals surface area contributed by atoms with Crippen LogP contribution in [0.25, 0.3) is 27.8 Å². The maximum absolute atomic E-state index is 13.7. The fourth-order valence-electron chi connectivity index (χ4n) is 3.95. The summed E-state index contributed by atoms with van der Waals surface area (Å²) < 4.78 is 35.8. The van der Waals surface area contributed by atoms with Crippen LogP contribution in [0.5, 0.6) is 5.88 Å². The van der Waals surface area contributed by atoms with Crippen LogP contribution in [0.1, 0.15) is 25.1 Å². The molecular weight excluding hydrogens is 444 g/mol. The number of aromatic nitrogens is 8. The minimum Gasteiger partial charge on any atom is -0.480 e. The Morgan fingerprint density at radius 2 is 1.91 bits per heavy atom. The first kappa shape index (κ1) is 21.4. The van der Waals surface area contributed by atoms with Gasteiger partial charge in [0.15, 0.2) is 11.6 Å². The van der Waals surface area contributed by atoms with Gasteiger partial charge in [0.05, 0.1) is 36.0 Å². The lowest BCUT2D eigenvalue weighted by Crippen LogP contribution is -2.10. The van der Waals surface area contributed by atoms with E-state index in [9.17, 15) is 8.78 Å². The van der Waals surface area contributed by atoms with E-state index in [0.29, 0.717) is 51.7 Å². The molecule has 0 saturated carbocycles. The fourth-order valence-corrected chi connectivity index (χ4v) is 3.95. The van der Waals surface area contributed by atoms with Crippen LogP contribution in [0.3, 0.4) is 0 Å². The van der Waals surface area contributed by atoms with Crippen LogP contribution in [0.2, 0.25) is 0 Å². The summed E-state index contributed by atoms with van der Waals surface area (Å²) >= 11 is 0. The summed E-state index contributed by atoms with van der Waals surface area (Å²) in [5, 5.41) is 9.02. The van der Waals surface area contributed by atoms with Gasteiger partial charge in [-0.15, -0.1) is 5.10 Å². The Bertz CT molecular complexity index is 1500. The summed E-state index contributed by atoms with van der Waals surface area (Å²) in [5.74, 6) is -1.21. The largest absolute Gasteiger partial charge is 0.480 e. The van der Waals surface area contributed by atoms with Crippen molar-refractivity contribution in [2.75, 3.05) is 12.8 Å². The molecule has 1 unspecified atom stereocenters. The zero-order chi connectivity index (χ0) is 23.8. The van der Waals surface area contributed by atoms with Gasteiger partial charge in [0.25, 0.3) is 0 Å². The summed E-state index contributed by atoms with van der Waals surface area (Å²) in [6.07, 6.45) is 8.60. The summed E-state index contributed by atoms with van der Waals surface area (Å²) in [5.41, 5.74) is 9.12.